The second-order valence-electron chi connectivity index (χ2n) is 5.93. The molecule has 2 aromatic rings. The Morgan fingerprint density at radius 2 is 2.00 bits per heavy atom. The second-order valence-corrected chi connectivity index (χ2v) is 5.93. The predicted octanol–water partition coefficient (Wildman–Crippen LogP) is 4.94. The van der Waals surface area contributed by atoms with Crippen LogP contribution in [0.1, 0.15) is 45.4 Å². The Bertz CT molecular complexity index is 521. The van der Waals surface area contributed by atoms with Gasteiger partial charge in [-0.2, -0.15) is 0 Å². The molecule has 0 aliphatic heterocycles. The standard InChI is InChI=1S/C17H24N2/c1-2-3-13-4-6-15(7-5-13)19-16-8-9-17-14(12-16)10-11-18-17/h8-13,15,18-19H,2-7H2,1H3. The van der Waals surface area contributed by atoms with Crippen molar-refractivity contribution in [3.8, 4) is 0 Å². The van der Waals surface area contributed by atoms with E-state index in [4.69, 9.17) is 0 Å². The SMILES string of the molecule is CCCC1CCC(Nc2ccc3[nH]ccc3c2)CC1. The van der Waals surface area contributed by atoms with Crippen LogP contribution in [0.15, 0.2) is 30.5 Å². The summed E-state index contributed by atoms with van der Waals surface area (Å²) in [4.78, 5) is 3.24. The van der Waals surface area contributed by atoms with E-state index in [9.17, 15) is 0 Å². The quantitative estimate of drug-likeness (QED) is 0.796. The zero-order valence-corrected chi connectivity index (χ0v) is 11.8. The van der Waals surface area contributed by atoms with E-state index in [0.29, 0.717) is 6.04 Å². The lowest BCUT2D eigenvalue weighted by Gasteiger charge is -2.29. The van der Waals surface area contributed by atoms with E-state index < -0.39 is 0 Å². The van der Waals surface area contributed by atoms with Crippen LogP contribution < -0.4 is 5.32 Å². The van der Waals surface area contributed by atoms with E-state index in [1.54, 1.807) is 0 Å². The highest BCUT2D eigenvalue weighted by Gasteiger charge is 2.20. The van der Waals surface area contributed by atoms with Crippen LogP contribution in [0.25, 0.3) is 10.9 Å². The lowest BCUT2D eigenvalue weighted by Crippen LogP contribution is -2.26. The van der Waals surface area contributed by atoms with E-state index in [1.165, 1.54) is 55.1 Å². The largest absolute Gasteiger partial charge is 0.382 e. The molecule has 19 heavy (non-hydrogen) atoms. The summed E-state index contributed by atoms with van der Waals surface area (Å²) in [7, 11) is 0. The Morgan fingerprint density at radius 3 is 2.79 bits per heavy atom. The van der Waals surface area contributed by atoms with Gasteiger partial charge in [0.15, 0.2) is 0 Å². The maximum absolute atomic E-state index is 3.71. The van der Waals surface area contributed by atoms with E-state index in [1.807, 2.05) is 6.20 Å². The molecule has 1 fully saturated rings. The van der Waals surface area contributed by atoms with Crippen LogP contribution in [0.2, 0.25) is 0 Å². The molecule has 1 heterocycles. The molecule has 2 heteroatoms. The summed E-state index contributed by atoms with van der Waals surface area (Å²) in [6, 6.07) is 9.42. The van der Waals surface area contributed by atoms with Gasteiger partial charge in [0.1, 0.15) is 0 Å². The zero-order chi connectivity index (χ0) is 13.1. The van der Waals surface area contributed by atoms with Crippen LogP contribution >= 0.6 is 0 Å². The molecule has 0 bridgehead atoms. The molecule has 102 valence electrons. The lowest BCUT2D eigenvalue weighted by atomic mass is 9.83. The highest BCUT2D eigenvalue weighted by Crippen LogP contribution is 2.30. The third-order valence-corrected chi connectivity index (χ3v) is 4.47. The van der Waals surface area contributed by atoms with Gasteiger partial charge in [-0.3, -0.25) is 0 Å². The van der Waals surface area contributed by atoms with Crippen molar-refractivity contribution in [3.63, 3.8) is 0 Å². The molecule has 1 aliphatic carbocycles. The fraction of sp³-hybridized carbons (Fsp3) is 0.529. The number of fused-ring (bicyclic) bond motifs is 1. The molecular formula is C17H24N2. The average molecular weight is 256 g/mol. The highest BCUT2D eigenvalue weighted by atomic mass is 14.9. The Morgan fingerprint density at radius 1 is 1.16 bits per heavy atom. The first-order valence-corrected chi connectivity index (χ1v) is 7.69. The third-order valence-electron chi connectivity index (χ3n) is 4.47. The van der Waals surface area contributed by atoms with Gasteiger partial charge in [0, 0.05) is 28.8 Å². The summed E-state index contributed by atoms with van der Waals surface area (Å²) in [5.41, 5.74) is 2.49. The van der Waals surface area contributed by atoms with Crippen molar-refractivity contribution < 1.29 is 0 Å². The normalized spacial score (nSPS) is 23.6. The van der Waals surface area contributed by atoms with E-state index in [-0.39, 0.29) is 0 Å². The number of aromatic nitrogens is 1. The first-order valence-electron chi connectivity index (χ1n) is 7.69. The van der Waals surface area contributed by atoms with Crippen molar-refractivity contribution in [1.29, 1.82) is 0 Å². The molecule has 1 aromatic carbocycles. The molecule has 1 aromatic heterocycles. The van der Waals surface area contributed by atoms with Gasteiger partial charge in [0.05, 0.1) is 0 Å². The van der Waals surface area contributed by atoms with Crippen molar-refractivity contribution in [1.82, 2.24) is 4.98 Å². The van der Waals surface area contributed by atoms with Gasteiger partial charge in [-0.1, -0.05) is 19.8 Å². The van der Waals surface area contributed by atoms with Gasteiger partial charge >= 0.3 is 0 Å². The minimum absolute atomic E-state index is 0.671. The number of rotatable bonds is 4. The maximum Gasteiger partial charge on any atom is 0.0455 e. The summed E-state index contributed by atoms with van der Waals surface area (Å²) >= 11 is 0. The molecule has 3 rings (SSSR count). The van der Waals surface area contributed by atoms with Crippen LogP contribution in [-0.2, 0) is 0 Å². The monoisotopic (exact) mass is 256 g/mol. The van der Waals surface area contributed by atoms with Crippen molar-refractivity contribution in [2.24, 2.45) is 5.92 Å². The molecule has 1 saturated carbocycles. The van der Waals surface area contributed by atoms with Gasteiger partial charge in [0.25, 0.3) is 0 Å². The number of aromatic amines is 1. The van der Waals surface area contributed by atoms with E-state index >= 15 is 0 Å². The van der Waals surface area contributed by atoms with Gasteiger partial charge in [-0.05, 0) is 55.9 Å². The van der Waals surface area contributed by atoms with Crippen LogP contribution in [0.3, 0.4) is 0 Å². The zero-order valence-electron chi connectivity index (χ0n) is 11.8. The maximum atomic E-state index is 3.71. The summed E-state index contributed by atoms with van der Waals surface area (Å²) in [6.45, 7) is 2.30. The summed E-state index contributed by atoms with van der Waals surface area (Å²) < 4.78 is 0. The topological polar surface area (TPSA) is 27.8 Å². The molecule has 2 nitrogen and oxygen atoms in total. The molecule has 0 saturated heterocycles. The Kier molecular flexibility index (Phi) is 3.77. The second kappa shape index (κ2) is 5.68. The van der Waals surface area contributed by atoms with E-state index in [2.05, 4.69) is 41.5 Å². The molecule has 0 unspecified atom stereocenters. The first-order chi connectivity index (χ1) is 9.35. The summed E-state index contributed by atoms with van der Waals surface area (Å²) in [5, 5.41) is 5.01. The molecule has 2 N–H and O–H groups in total. The lowest BCUT2D eigenvalue weighted by molar-refractivity contribution is 0.319. The first kappa shape index (κ1) is 12.6. The fourth-order valence-electron chi connectivity index (χ4n) is 3.38. The average Bonchev–Trinajstić information content (AvgIpc) is 2.89. The molecule has 0 atom stereocenters. The van der Waals surface area contributed by atoms with Gasteiger partial charge in [-0.15, -0.1) is 0 Å². The van der Waals surface area contributed by atoms with Crippen molar-refractivity contribution in [2.75, 3.05) is 5.32 Å². The number of nitrogens with one attached hydrogen (secondary N) is 2. The minimum Gasteiger partial charge on any atom is -0.382 e. The molecular weight excluding hydrogens is 232 g/mol. The van der Waals surface area contributed by atoms with Gasteiger partial charge in [-0.25, -0.2) is 0 Å². The Balaban J connectivity index is 1.59. The molecule has 0 amide bonds. The van der Waals surface area contributed by atoms with Crippen LogP contribution in [0.4, 0.5) is 5.69 Å². The number of benzene rings is 1. The highest BCUT2D eigenvalue weighted by molar-refractivity contribution is 5.83. The smallest absolute Gasteiger partial charge is 0.0455 e. The number of anilines is 1. The van der Waals surface area contributed by atoms with Crippen molar-refractivity contribution >= 4 is 16.6 Å². The molecule has 0 radical (unpaired) electrons. The van der Waals surface area contributed by atoms with Crippen molar-refractivity contribution in [3.05, 3.63) is 30.5 Å². The van der Waals surface area contributed by atoms with Gasteiger partial charge in [0.2, 0.25) is 0 Å². The number of H-pyrrole nitrogens is 1. The minimum atomic E-state index is 0.671. The molecule has 0 spiro atoms. The van der Waals surface area contributed by atoms with Crippen LogP contribution in [-0.4, -0.2) is 11.0 Å². The predicted molar refractivity (Wildman–Crippen MR) is 82.6 cm³/mol. The fourth-order valence-corrected chi connectivity index (χ4v) is 3.38. The van der Waals surface area contributed by atoms with Gasteiger partial charge < -0.3 is 10.3 Å². The summed E-state index contributed by atoms with van der Waals surface area (Å²) in [5.74, 6) is 0.982. The van der Waals surface area contributed by atoms with E-state index in [0.717, 1.165) is 5.92 Å². The number of hydrogen-bond acceptors (Lipinski definition) is 1. The number of hydrogen-bond donors (Lipinski definition) is 2. The Labute approximate surface area is 115 Å². The summed E-state index contributed by atoms with van der Waals surface area (Å²) in [6.07, 6.45) is 10.2. The van der Waals surface area contributed by atoms with Crippen LogP contribution in [0, 0.1) is 5.92 Å². The van der Waals surface area contributed by atoms with Crippen LogP contribution in [0.5, 0.6) is 0 Å². The Hall–Kier alpha value is -1.44. The molecule has 1 aliphatic rings. The van der Waals surface area contributed by atoms with Crippen molar-refractivity contribution in [2.45, 2.75) is 51.5 Å². The third kappa shape index (κ3) is 2.94.